The van der Waals surface area contributed by atoms with Gasteiger partial charge in [0.25, 0.3) is 0 Å². The van der Waals surface area contributed by atoms with Crippen molar-refractivity contribution < 1.29 is 27.4 Å². The van der Waals surface area contributed by atoms with Crippen molar-refractivity contribution in [2.24, 2.45) is 11.8 Å². The van der Waals surface area contributed by atoms with Crippen LogP contribution in [0.3, 0.4) is 0 Å². The maximum absolute atomic E-state index is 13.5. The summed E-state index contributed by atoms with van der Waals surface area (Å²) in [6, 6.07) is 0. The zero-order chi connectivity index (χ0) is 15.2. The molecule has 2 bridgehead atoms. The van der Waals surface area contributed by atoms with E-state index in [1.807, 2.05) is 0 Å². The summed E-state index contributed by atoms with van der Waals surface area (Å²) in [5.74, 6) is -1.80. The van der Waals surface area contributed by atoms with E-state index in [1.54, 1.807) is 6.92 Å². The number of fused-ring (bicyclic) bond motifs is 2. The summed E-state index contributed by atoms with van der Waals surface area (Å²) in [6.45, 7) is 6.28. The maximum Gasteiger partial charge on any atom is 0.428 e. The number of carbonyl (C=O) groups is 1. The number of ether oxygens (including phenoxy) is 2. The van der Waals surface area contributed by atoms with E-state index in [9.17, 15) is 18.0 Å². The molecule has 0 aromatic rings. The van der Waals surface area contributed by atoms with Crippen molar-refractivity contribution in [2.45, 2.75) is 56.9 Å². The Kier molecular flexibility index (Phi) is 3.55. The van der Waals surface area contributed by atoms with Crippen LogP contribution >= 0.6 is 0 Å². The molecule has 0 spiro atoms. The molecule has 0 heterocycles. The molecular formula is C14H19F3O3. The summed E-state index contributed by atoms with van der Waals surface area (Å²) in [5.41, 5.74) is -3.02. The minimum Gasteiger partial charge on any atom is -0.496 e. The summed E-state index contributed by atoms with van der Waals surface area (Å²) >= 11 is 0. The van der Waals surface area contributed by atoms with Crippen LogP contribution in [0.5, 0.6) is 0 Å². The lowest BCUT2D eigenvalue weighted by Gasteiger charge is -2.40. The van der Waals surface area contributed by atoms with Crippen LogP contribution in [0.4, 0.5) is 13.2 Å². The molecule has 4 atom stereocenters. The molecule has 0 aliphatic heterocycles. The average Bonchev–Trinajstić information content (AvgIpc) is 2.49. The van der Waals surface area contributed by atoms with Gasteiger partial charge < -0.3 is 9.47 Å². The Hall–Kier alpha value is -1.20. The molecule has 2 fully saturated rings. The molecule has 2 aliphatic carbocycles. The lowest BCUT2D eigenvalue weighted by atomic mass is 9.76. The van der Waals surface area contributed by atoms with Gasteiger partial charge in [0.15, 0.2) is 0 Å². The van der Waals surface area contributed by atoms with Gasteiger partial charge in [0.1, 0.15) is 5.60 Å². The van der Waals surface area contributed by atoms with Gasteiger partial charge in [-0.05, 0) is 38.5 Å². The molecular weight excluding hydrogens is 273 g/mol. The van der Waals surface area contributed by atoms with Gasteiger partial charge in [-0.3, -0.25) is 4.79 Å². The zero-order valence-corrected chi connectivity index (χ0v) is 11.6. The quantitative estimate of drug-likeness (QED) is 0.589. The summed E-state index contributed by atoms with van der Waals surface area (Å²) in [7, 11) is 0. The van der Waals surface area contributed by atoms with Crippen molar-refractivity contribution in [2.75, 3.05) is 0 Å². The summed E-state index contributed by atoms with van der Waals surface area (Å²) < 4.78 is 50.8. The molecule has 0 aromatic carbocycles. The Morgan fingerprint density at radius 3 is 2.50 bits per heavy atom. The Labute approximate surface area is 116 Å². The predicted octanol–water partition coefficient (Wildman–Crippen LogP) is 3.59. The fourth-order valence-corrected chi connectivity index (χ4v) is 3.97. The Morgan fingerprint density at radius 2 is 2.00 bits per heavy atom. The first-order chi connectivity index (χ1) is 9.12. The fourth-order valence-electron chi connectivity index (χ4n) is 3.97. The van der Waals surface area contributed by atoms with Crippen LogP contribution in [0.2, 0.25) is 0 Å². The highest BCUT2D eigenvalue weighted by Crippen LogP contribution is 2.59. The van der Waals surface area contributed by atoms with Gasteiger partial charge >= 0.3 is 12.1 Å². The van der Waals surface area contributed by atoms with E-state index in [0.717, 1.165) is 6.92 Å². The van der Waals surface area contributed by atoms with Crippen LogP contribution < -0.4 is 0 Å². The standard InChI is InChI=1S/C14H19F3O3/c1-4-19-12(3)6-10-5-11(8-12)13(7-10,14(15,16)17)20-9(2)18/h4,10-11H,1,5-8H2,2-3H3. The van der Waals surface area contributed by atoms with Crippen molar-refractivity contribution in [3.63, 3.8) is 0 Å². The summed E-state index contributed by atoms with van der Waals surface area (Å²) in [4.78, 5) is 11.2. The Bertz CT molecular complexity index is 420. The monoisotopic (exact) mass is 292 g/mol. The number of carbonyl (C=O) groups excluding carboxylic acids is 1. The van der Waals surface area contributed by atoms with Crippen molar-refractivity contribution in [3.8, 4) is 0 Å². The minimum absolute atomic E-state index is 0.153. The predicted molar refractivity (Wildman–Crippen MR) is 65.7 cm³/mol. The number of hydrogen-bond donors (Lipinski definition) is 0. The summed E-state index contributed by atoms with van der Waals surface area (Å²) in [6.07, 6.45) is -2.31. The second kappa shape index (κ2) is 4.67. The SMILES string of the molecule is C=COC1(C)CC2CC(C1)C(OC(C)=O)(C(F)(F)F)C2. The van der Waals surface area contributed by atoms with Crippen LogP contribution in [0.25, 0.3) is 0 Å². The van der Waals surface area contributed by atoms with Gasteiger partial charge in [0.2, 0.25) is 5.60 Å². The van der Waals surface area contributed by atoms with Crippen molar-refractivity contribution in [3.05, 3.63) is 12.8 Å². The molecule has 2 rings (SSSR count). The molecule has 0 amide bonds. The topological polar surface area (TPSA) is 35.5 Å². The third-order valence-corrected chi connectivity index (χ3v) is 4.44. The van der Waals surface area contributed by atoms with E-state index in [-0.39, 0.29) is 18.8 Å². The van der Waals surface area contributed by atoms with Crippen molar-refractivity contribution in [1.29, 1.82) is 0 Å². The van der Waals surface area contributed by atoms with Gasteiger partial charge in [0, 0.05) is 12.8 Å². The molecule has 114 valence electrons. The Balaban J connectivity index is 2.33. The lowest BCUT2D eigenvalue weighted by molar-refractivity contribution is -0.282. The smallest absolute Gasteiger partial charge is 0.428 e. The highest BCUT2D eigenvalue weighted by atomic mass is 19.4. The van der Waals surface area contributed by atoms with Crippen LogP contribution in [0.15, 0.2) is 12.8 Å². The van der Waals surface area contributed by atoms with Crippen LogP contribution in [0.1, 0.15) is 39.5 Å². The average molecular weight is 292 g/mol. The molecule has 0 aromatic heterocycles. The number of halogens is 3. The normalized spacial score (nSPS) is 40.2. The number of rotatable bonds is 3. The zero-order valence-electron chi connectivity index (χ0n) is 11.6. The molecule has 3 nitrogen and oxygen atoms in total. The first-order valence-electron chi connectivity index (χ1n) is 6.67. The van der Waals surface area contributed by atoms with Gasteiger partial charge in [0.05, 0.1) is 6.26 Å². The van der Waals surface area contributed by atoms with Crippen molar-refractivity contribution in [1.82, 2.24) is 0 Å². The van der Waals surface area contributed by atoms with Gasteiger partial charge in [-0.15, -0.1) is 0 Å². The van der Waals surface area contributed by atoms with Gasteiger partial charge in [-0.25, -0.2) is 0 Å². The van der Waals surface area contributed by atoms with E-state index >= 15 is 0 Å². The number of esters is 1. The molecule has 0 saturated heterocycles. The van der Waals surface area contributed by atoms with E-state index in [0.29, 0.717) is 12.8 Å². The molecule has 4 unspecified atom stereocenters. The van der Waals surface area contributed by atoms with E-state index in [2.05, 4.69) is 6.58 Å². The molecule has 20 heavy (non-hydrogen) atoms. The van der Waals surface area contributed by atoms with Crippen molar-refractivity contribution >= 4 is 5.97 Å². The molecule has 0 N–H and O–H groups in total. The minimum atomic E-state index is -4.56. The van der Waals surface area contributed by atoms with Crippen LogP contribution in [0, 0.1) is 11.8 Å². The highest BCUT2D eigenvalue weighted by Gasteiger charge is 2.69. The van der Waals surface area contributed by atoms with Crippen LogP contribution in [-0.2, 0) is 14.3 Å². The van der Waals surface area contributed by atoms with E-state index in [1.165, 1.54) is 6.26 Å². The molecule has 0 radical (unpaired) electrons. The molecule has 6 heteroatoms. The molecule has 2 saturated carbocycles. The first-order valence-corrected chi connectivity index (χ1v) is 6.67. The lowest BCUT2D eigenvalue weighted by Crippen LogP contribution is -2.52. The van der Waals surface area contributed by atoms with E-state index in [4.69, 9.17) is 9.47 Å². The Morgan fingerprint density at radius 1 is 1.35 bits per heavy atom. The number of alkyl halides is 3. The highest BCUT2D eigenvalue weighted by molar-refractivity contribution is 5.66. The largest absolute Gasteiger partial charge is 0.496 e. The molecule has 2 aliphatic rings. The van der Waals surface area contributed by atoms with Gasteiger partial charge in [-0.1, -0.05) is 6.58 Å². The fraction of sp³-hybridized carbons (Fsp3) is 0.786. The first kappa shape index (κ1) is 15.2. The van der Waals surface area contributed by atoms with Gasteiger partial charge in [-0.2, -0.15) is 13.2 Å². The second-order valence-corrected chi connectivity index (χ2v) is 6.13. The van der Waals surface area contributed by atoms with Crippen LogP contribution in [-0.4, -0.2) is 23.3 Å². The number of hydrogen-bond acceptors (Lipinski definition) is 3. The third kappa shape index (κ3) is 2.40. The van der Waals surface area contributed by atoms with E-state index < -0.39 is 29.3 Å². The second-order valence-electron chi connectivity index (χ2n) is 6.13. The third-order valence-electron chi connectivity index (χ3n) is 4.44. The summed E-state index contributed by atoms with van der Waals surface area (Å²) in [5, 5.41) is 0. The maximum atomic E-state index is 13.5.